The summed E-state index contributed by atoms with van der Waals surface area (Å²) in [6.07, 6.45) is 1.12. The Labute approximate surface area is 148 Å². The van der Waals surface area contributed by atoms with Gasteiger partial charge in [0.15, 0.2) is 9.84 Å². The van der Waals surface area contributed by atoms with Crippen molar-refractivity contribution in [2.75, 3.05) is 11.6 Å². The molecular weight excluding hydrogens is 376 g/mol. The fourth-order valence-corrected chi connectivity index (χ4v) is 3.05. The second-order valence-corrected chi connectivity index (χ2v) is 7.79. The van der Waals surface area contributed by atoms with Gasteiger partial charge in [-0.1, -0.05) is 23.7 Å². The maximum Gasteiger partial charge on any atom is 0.387 e. The third kappa shape index (κ3) is 5.99. The number of nitrogens with one attached hydrogen (secondary N) is 1. The molecule has 0 aliphatic carbocycles. The van der Waals surface area contributed by atoms with E-state index in [1.807, 2.05) is 0 Å². The second-order valence-electron chi connectivity index (χ2n) is 5.24. The fraction of sp³-hybridized carbons (Fsp3) is 0.188. The Bertz CT molecular complexity index is 870. The first-order valence-corrected chi connectivity index (χ1v) is 9.40. The Balaban J connectivity index is 2.08. The van der Waals surface area contributed by atoms with E-state index in [1.54, 1.807) is 12.1 Å². The summed E-state index contributed by atoms with van der Waals surface area (Å²) in [5.41, 5.74) is 1.17. The van der Waals surface area contributed by atoms with Gasteiger partial charge in [0.1, 0.15) is 5.75 Å². The molecule has 5 nitrogen and oxygen atoms in total. The molecule has 134 valence electrons. The van der Waals surface area contributed by atoms with Crippen LogP contribution in [0.1, 0.15) is 15.9 Å². The molecule has 0 aliphatic rings. The van der Waals surface area contributed by atoms with Crippen LogP contribution < -0.4 is 10.1 Å². The number of anilines is 1. The van der Waals surface area contributed by atoms with Crippen LogP contribution in [0.25, 0.3) is 0 Å². The molecule has 0 spiro atoms. The van der Waals surface area contributed by atoms with Gasteiger partial charge in [-0.2, -0.15) is 8.78 Å². The van der Waals surface area contributed by atoms with Crippen LogP contribution in [-0.2, 0) is 15.6 Å². The highest BCUT2D eigenvalue weighted by Gasteiger charge is 2.12. The summed E-state index contributed by atoms with van der Waals surface area (Å²) in [6, 6.07) is 9.95. The number of rotatable bonds is 6. The summed E-state index contributed by atoms with van der Waals surface area (Å²) in [7, 11) is -3.16. The molecule has 0 saturated carbocycles. The minimum Gasteiger partial charge on any atom is -0.433 e. The number of hydrogen-bond donors (Lipinski definition) is 1. The zero-order valence-electron chi connectivity index (χ0n) is 13.0. The molecule has 9 heteroatoms. The molecule has 0 fully saturated rings. The summed E-state index contributed by atoms with van der Waals surface area (Å²) in [6.45, 7) is -3.00. The second kappa shape index (κ2) is 7.79. The van der Waals surface area contributed by atoms with Gasteiger partial charge >= 0.3 is 6.61 Å². The van der Waals surface area contributed by atoms with Crippen molar-refractivity contribution in [3.05, 3.63) is 58.6 Å². The molecule has 0 radical (unpaired) electrons. The van der Waals surface area contributed by atoms with E-state index in [1.165, 1.54) is 30.3 Å². The predicted octanol–water partition coefficient (Wildman–Crippen LogP) is 3.74. The molecule has 0 heterocycles. The van der Waals surface area contributed by atoms with E-state index in [0.717, 1.165) is 6.26 Å². The number of ether oxygens (including phenoxy) is 1. The Hall–Kier alpha value is -2.19. The van der Waals surface area contributed by atoms with Gasteiger partial charge in [-0.3, -0.25) is 4.79 Å². The summed E-state index contributed by atoms with van der Waals surface area (Å²) < 4.78 is 51.1. The molecule has 0 atom stereocenters. The number of alkyl halides is 2. The fourth-order valence-electron chi connectivity index (χ4n) is 2.03. The van der Waals surface area contributed by atoms with Gasteiger partial charge < -0.3 is 10.1 Å². The maximum absolute atomic E-state index is 12.2. The molecule has 1 N–H and O–H groups in total. The van der Waals surface area contributed by atoms with Crippen LogP contribution in [0.2, 0.25) is 5.02 Å². The number of benzene rings is 2. The zero-order chi connectivity index (χ0) is 18.6. The first kappa shape index (κ1) is 19.1. The zero-order valence-corrected chi connectivity index (χ0v) is 14.6. The van der Waals surface area contributed by atoms with Crippen molar-refractivity contribution in [1.82, 2.24) is 0 Å². The van der Waals surface area contributed by atoms with E-state index < -0.39 is 22.4 Å². The van der Waals surface area contributed by atoms with Crippen LogP contribution in [0.15, 0.2) is 42.5 Å². The molecule has 2 aromatic carbocycles. The summed E-state index contributed by atoms with van der Waals surface area (Å²) in [5.74, 6) is -0.764. The van der Waals surface area contributed by atoms with E-state index in [2.05, 4.69) is 10.1 Å². The van der Waals surface area contributed by atoms with Crippen LogP contribution >= 0.6 is 11.6 Å². The predicted molar refractivity (Wildman–Crippen MR) is 91.0 cm³/mol. The van der Waals surface area contributed by atoms with E-state index >= 15 is 0 Å². The lowest BCUT2D eigenvalue weighted by Gasteiger charge is -2.10. The monoisotopic (exact) mass is 389 g/mol. The van der Waals surface area contributed by atoms with Crippen LogP contribution in [0.5, 0.6) is 5.75 Å². The molecular formula is C16H14ClF2NO4S. The van der Waals surface area contributed by atoms with Crippen LogP contribution in [0, 0.1) is 0 Å². The standard InChI is InChI=1S/C16H14ClF2NO4S/c1-25(22,23)9-10-2-4-11(5-3-10)15(21)20-12-6-7-14(13(17)8-12)24-16(18)19/h2-8,16H,9H2,1H3,(H,20,21). The van der Waals surface area contributed by atoms with Gasteiger partial charge in [0, 0.05) is 17.5 Å². The van der Waals surface area contributed by atoms with E-state index in [-0.39, 0.29) is 16.5 Å². The first-order valence-electron chi connectivity index (χ1n) is 6.96. The molecule has 0 aliphatic heterocycles. The van der Waals surface area contributed by atoms with Crippen molar-refractivity contribution in [3.63, 3.8) is 0 Å². The molecule has 25 heavy (non-hydrogen) atoms. The van der Waals surface area contributed by atoms with Crippen LogP contribution in [0.3, 0.4) is 0 Å². The molecule has 2 aromatic rings. The molecule has 0 unspecified atom stereocenters. The van der Waals surface area contributed by atoms with E-state index in [9.17, 15) is 22.0 Å². The SMILES string of the molecule is CS(=O)(=O)Cc1ccc(C(=O)Nc2ccc(OC(F)F)c(Cl)c2)cc1. The van der Waals surface area contributed by atoms with Crippen molar-refractivity contribution in [1.29, 1.82) is 0 Å². The van der Waals surface area contributed by atoms with Crippen molar-refractivity contribution < 1.29 is 26.7 Å². The van der Waals surface area contributed by atoms with Gasteiger partial charge in [-0.25, -0.2) is 8.42 Å². The lowest BCUT2D eigenvalue weighted by Crippen LogP contribution is -2.12. The summed E-state index contributed by atoms with van der Waals surface area (Å²) in [4.78, 5) is 12.2. The molecule has 0 bridgehead atoms. The number of carbonyl (C=O) groups is 1. The van der Waals surface area contributed by atoms with Gasteiger partial charge in [-0.05, 0) is 35.9 Å². The highest BCUT2D eigenvalue weighted by molar-refractivity contribution is 7.89. The smallest absolute Gasteiger partial charge is 0.387 e. The molecule has 1 amide bonds. The Morgan fingerprint density at radius 2 is 1.84 bits per heavy atom. The lowest BCUT2D eigenvalue weighted by atomic mass is 10.1. The topological polar surface area (TPSA) is 72.5 Å². The average molecular weight is 390 g/mol. The van der Waals surface area contributed by atoms with E-state index in [0.29, 0.717) is 16.8 Å². The summed E-state index contributed by atoms with van der Waals surface area (Å²) >= 11 is 5.82. The van der Waals surface area contributed by atoms with Crippen molar-refractivity contribution in [2.45, 2.75) is 12.4 Å². The number of halogens is 3. The quantitative estimate of drug-likeness (QED) is 0.816. The minimum atomic E-state index is -3.16. The maximum atomic E-state index is 12.2. The Morgan fingerprint density at radius 1 is 1.20 bits per heavy atom. The number of carbonyl (C=O) groups excluding carboxylic acids is 1. The first-order chi connectivity index (χ1) is 11.6. The van der Waals surface area contributed by atoms with Crippen LogP contribution in [0.4, 0.5) is 14.5 Å². The minimum absolute atomic E-state index is 0.0680. The van der Waals surface area contributed by atoms with Crippen LogP contribution in [-0.4, -0.2) is 27.2 Å². The largest absolute Gasteiger partial charge is 0.433 e. The van der Waals surface area contributed by atoms with Gasteiger partial charge in [0.25, 0.3) is 5.91 Å². The van der Waals surface area contributed by atoms with Crippen molar-refractivity contribution in [3.8, 4) is 5.75 Å². The number of amides is 1. The van der Waals surface area contributed by atoms with Crippen molar-refractivity contribution in [2.24, 2.45) is 0 Å². The average Bonchev–Trinajstić information content (AvgIpc) is 2.48. The number of sulfone groups is 1. The lowest BCUT2D eigenvalue weighted by molar-refractivity contribution is -0.0497. The third-order valence-electron chi connectivity index (χ3n) is 3.05. The normalized spacial score (nSPS) is 11.4. The summed E-state index contributed by atoms with van der Waals surface area (Å²) in [5, 5.41) is 2.49. The van der Waals surface area contributed by atoms with Gasteiger partial charge in [0.2, 0.25) is 0 Å². The highest BCUT2D eigenvalue weighted by Crippen LogP contribution is 2.29. The van der Waals surface area contributed by atoms with E-state index in [4.69, 9.17) is 11.6 Å². The Morgan fingerprint density at radius 3 is 2.36 bits per heavy atom. The molecule has 0 aromatic heterocycles. The molecule has 0 saturated heterocycles. The molecule has 2 rings (SSSR count). The Kier molecular flexibility index (Phi) is 5.97. The highest BCUT2D eigenvalue weighted by atomic mass is 35.5. The van der Waals surface area contributed by atoms with Gasteiger partial charge in [0.05, 0.1) is 10.8 Å². The van der Waals surface area contributed by atoms with Crippen molar-refractivity contribution >= 4 is 33.0 Å². The number of hydrogen-bond acceptors (Lipinski definition) is 4. The third-order valence-corrected chi connectivity index (χ3v) is 4.20. The van der Waals surface area contributed by atoms with Gasteiger partial charge in [-0.15, -0.1) is 0 Å².